The average Bonchev–Trinajstić information content (AvgIpc) is 2.96. The molecular formula is C29H29NO8. The van der Waals surface area contributed by atoms with Gasteiger partial charge in [0.15, 0.2) is 23.4 Å². The smallest absolute Gasteiger partial charge is 0.265 e. The van der Waals surface area contributed by atoms with Gasteiger partial charge in [-0.1, -0.05) is 19.1 Å². The second-order valence-electron chi connectivity index (χ2n) is 8.23. The summed E-state index contributed by atoms with van der Waals surface area (Å²) in [5.41, 5.74) is 0.943. The number of nitrogens with one attached hydrogen (secondary N) is 1. The van der Waals surface area contributed by atoms with Gasteiger partial charge in [0.25, 0.3) is 5.91 Å². The SMILES string of the molecule is CCC(Oc1c(-c2ccc(OC)c(OC)c2)oc2ccccc2c1=O)C(=O)Nc1ccc(OC)cc1OC. The molecule has 4 rings (SSSR count). The Balaban J connectivity index is 1.76. The van der Waals surface area contributed by atoms with Crippen molar-refractivity contribution in [1.29, 1.82) is 0 Å². The molecule has 0 aliphatic heterocycles. The molecule has 4 aromatic rings. The van der Waals surface area contributed by atoms with Gasteiger partial charge >= 0.3 is 0 Å². The molecule has 0 aliphatic rings. The highest BCUT2D eigenvalue weighted by molar-refractivity contribution is 5.96. The first-order valence-corrected chi connectivity index (χ1v) is 11.9. The van der Waals surface area contributed by atoms with E-state index in [0.717, 1.165) is 0 Å². The minimum Gasteiger partial charge on any atom is -0.497 e. The summed E-state index contributed by atoms with van der Waals surface area (Å²) in [6.45, 7) is 1.79. The summed E-state index contributed by atoms with van der Waals surface area (Å²) in [5, 5.41) is 3.15. The summed E-state index contributed by atoms with van der Waals surface area (Å²) >= 11 is 0. The second kappa shape index (κ2) is 11.6. The van der Waals surface area contributed by atoms with Crippen LogP contribution in [0.15, 0.2) is 69.9 Å². The fourth-order valence-electron chi connectivity index (χ4n) is 3.98. The van der Waals surface area contributed by atoms with E-state index in [2.05, 4.69) is 5.32 Å². The van der Waals surface area contributed by atoms with Crippen molar-refractivity contribution in [2.45, 2.75) is 19.4 Å². The predicted molar refractivity (Wildman–Crippen MR) is 144 cm³/mol. The monoisotopic (exact) mass is 519 g/mol. The minimum atomic E-state index is -1.01. The zero-order valence-corrected chi connectivity index (χ0v) is 21.8. The number of para-hydroxylation sites is 1. The second-order valence-corrected chi connectivity index (χ2v) is 8.23. The molecule has 0 radical (unpaired) electrons. The molecule has 0 saturated heterocycles. The van der Waals surface area contributed by atoms with Gasteiger partial charge in [0.05, 0.1) is 39.5 Å². The molecule has 0 aliphatic carbocycles. The topological polar surface area (TPSA) is 105 Å². The van der Waals surface area contributed by atoms with Crippen LogP contribution in [0.2, 0.25) is 0 Å². The molecule has 38 heavy (non-hydrogen) atoms. The number of anilines is 1. The van der Waals surface area contributed by atoms with Crippen LogP contribution in [0.25, 0.3) is 22.3 Å². The van der Waals surface area contributed by atoms with Gasteiger partial charge in [-0.3, -0.25) is 9.59 Å². The molecule has 1 aromatic heterocycles. The first-order chi connectivity index (χ1) is 18.4. The Morgan fingerprint density at radius 1 is 0.868 bits per heavy atom. The van der Waals surface area contributed by atoms with Gasteiger partial charge in [-0.25, -0.2) is 0 Å². The van der Waals surface area contributed by atoms with Crippen LogP contribution in [0, 0.1) is 0 Å². The Morgan fingerprint density at radius 2 is 1.61 bits per heavy atom. The van der Waals surface area contributed by atoms with E-state index in [-0.39, 0.29) is 17.9 Å². The lowest BCUT2D eigenvalue weighted by molar-refractivity contribution is -0.122. The number of methoxy groups -OCH3 is 4. The van der Waals surface area contributed by atoms with Crippen LogP contribution in [-0.4, -0.2) is 40.5 Å². The van der Waals surface area contributed by atoms with E-state index in [4.69, 9.17) is 28.1 Å². The van der Waals surface area contributed by atoms with Gasteiger partial charge in [0, 0.05) is 11.6 Å². The Labute approximate surface area is 219 Å². The molecule has 1 unspecified atom stereocenters. The number of hydrogen-bond acceptors (Lipinski definition) is 8. The summed E-state index contributed by atoms with van der Waals surface area (Å²) in [6.07, 6.45) is -0.730. The fraction of sp³-hybridized carbons (Fsp3) is 0.241. The van der Waals surface area contributed by atoms with Crippen molar-refractivity contribution in [2.24, 2.45) is 0 Å². The molecule has 0 bridgehead atoms. The lowest BCUT2D eigenvalue weighted by Gasteiger charge is -2.20. The number of carbonyl (C=O) groups is 1. The molecule has 0 spiro atoms. The van der Waals surface area contributed by atoms with Crippen molar-refractivity contribution >= 4 is 22.6 Å². The Morgan fingerprint density at radius 3 is 2.29 bits per heavy atom. The number of benzene rings is 3. The van der Waals surface area contributed by atoms with Crippen molar-refractivity contribution in [1.82, 2.24) is 0 Å². The van der Waals surface area contributed by atoms with Gasteiger partial charge in [-0.15, -0.1) is 0 Å². The summed E-state index contributed by atoms with van der Waals surface area (Å²) < 4.78 is 33.6. The van der Waals surface area contributed by atoms with E-state index in [0.29, 0.717) is 45.2 Å². The standard InChI is InChI=1S/C29H29NO8/c1-6-21(29(32)30-20-13-12-18(33-2)16-24(20)35-4)37-28-26(31)19-9-7-8-10-22(19)38-27(28)17-11-14-23(34-3)25(15-17)36-5/h7-16,21H,6H2,1-5H3,(H,30,32). The highest BCUT2D eigenvalue weighted by Gasteiger charge is 2.26. The van der Waals surface area contributed by atoms with Crippen molar-refractivity contribution in [3.05, 3.63) is 70.9 Å². The van der Waals surface area contributed by atoms with Gasteiger partial charge in [0.2, 0.25) is 11.2 Å². The van der Waals surface area contributed by atoms with Crippen molar-refractivity contribution in [3.8, 4) is 40.1 Å². The first kappa shape index (κ1) is 26.4. The molecule has 9 heteroatoms. The highest BCUT2D eigenvalue weighted by Crippen LogP contribution is 2.37. The fourth-order valence-corrected chi connectivity index (χ4v) is 3.98. The number of rotatable bonds is 10. The van der Waals surface area contributed by atoms with Gasteiger partial charge in [-0.05, 0) is 48.9 Å². The average molecular weight is 520 g/mol. The third-order valence-electron chi connectivity index (χ3n) is 5.99. The largest absolute Gasteiger partial charge is 0.497 e. The van der Waals surface area contributed by atoms with Gasteiger partial charge in [0.1, 0.15) is 17.1 Å². The van der Waals surface area contributed by atoms with E-state index in [1.807, 2.05) is 0 Å². The Kier molecular flexibility index (Phi) is 8.06. The molecule has 1 heterocycles. The first-order valence-electron chi connectivity index (χ1n) is 11.9. The maximum atomic E-state index is 13.6. The van der Waals surface area contributed by atoms with E-state index in [1.54, 1.807) is 74.7 Å². The number of ether oxygens (including phenoxy) is 5. The van der Waals surface area contributed by atoms with Crippen LogP contribution in [0.4, 0.5) is 5.69 Å². The van der Waals surface area contributed by atoms with Crippen LogP contribution in [0.1, 0.15) is 13.3 Å². The van der Waals surface area contributed by atoms with Crippen LogP contribution in [0.3, 0.4) is 0 Å². The van der Waals surface area contributed by atoms with Crippen LogP contribution in [-0.2, 0) is 4.79 Å². The van der Waals surface area contributed by atoms with Crippen LogP contribution in [0.5, 0.6) is 28.7 Å². The third-order valence-corrected chi connectivity index (χ3v) is 5.99. The van der Waals surface area contributed by atoms with Crippen molar-refractivity contribution in [2.75, 3.05) is 33.8 Å². The predicted octanol–water partition coefficient (Wildman–Crippen LogP) is 5.29. The summed E-state index contributed by atoms with van der Waals surface area (Å²) in [7, 11) is 6.08. The molecule has 0 fully saturated rings. The van der Waals surface area contributed by atoms with E-state index in [9.17, 15) is 9.59 Å². The zero-order chi connectivity index (χ0) is 27.2. The third kappa shape index (κ3) is 5.22. The van der Waals surface area contributed by atoms with Crippen LogP contribution < -0.4 is 34.4 Å². The Hall–Kier alpha value is -4.66. The number of hydrogen-bond donors (Lipinski definition) is 1. The van der Waals surface area contributed by atoms with Crippen molar-refractivity contribution in [3.63, 3.8) is 0 Å². The summed E-state index contributed by atoms with van der Waals surface area (Å²) in [6, 6.07) is 17.0. The molecule has 1 N–H and O–H groups in total. The van der Waals surface area contributed by atoms with E-state index in [1.165, 1.54) is 21.3 Å². The molecule has 3 aromatic carbocycles. The summed E-state index contributed by atoms with van der Waals surface area (Å²) in [5.74, 6) is 1.59. The minimum absolute atomic E-state index is 0.0837. The molecule has 9 nitrogen and oxygen atoms in total. The maximum absolute atomic E-state index is 13.6. The van der Waals surface area contributed by atoms with E-state index < -0.39 is 17.4 Å². The number of amides is 1. The molecule has 0 saturated carbocycles. The van der Waals surface area contributed by atoms with Gasteiger partial charge in [-0.2, -0.15) is 0 Å². The molecule has 1 atom stereocenters. The maximum Gasteiger partial charge on any atom is 0.265 e. The van der Waals surface area contributed by atoms with E-state index >= 15 is 0 Å². The quantitative estimate of drug-likeness (QED) is 0.301. The number of carbonyl (C=O) groups excluding carboxylic acids is 1. The number of fused-ring (bicyclic) bond motifs is 1. The normalized spacial score (nSPS) is 11.5. The lowest BCUT2D eigenvalue weighted by atomic mass is 10.1. The summed E-state index contributed by atoms with van der Waals surface area (Å²) in [4.78, 5) is 26.9. The zero-order valence-electron chi connectivity index (χ0n) is 21.8. The van der Waals surface area contributed by atoms with Crippen molar-refractivity contribution < 1.29 is 32.9 Å². The molecule has 198 valence electrons. The Bertz CT molecular complexity index is 1510. The molecular weight excluding hydrogens is 490 g/mol. The van der Waals surface area contributed by atoms with Gasteiger partial charge < -0.3 is 33.4 Å². The highest BCUT2D eigenvalue weighted by atomic mass is 16.5. The lowest BCUT2D eigenvalue weighted by Crippen LogP contribution is -2.34. The molecule has 1 amide bonds. The van der Waals surface area contributed by atoms with Crippen LogP contribution >= 0.6 is 0 Å².